The molecule has 0 spiro atoms. The standard InChI is InChI=1S/C16H22N2O3/c1-4-5-14-15(19)17-11(2)16(20)18(14)10-12-6-8-13(21-3)9-7-12/h6-9,11,14H,4-5,10H2,1-3H3,(H,17,19). The number of piperazine rings is 1. The van der Waals surface area contributed by atoms with Gasteiger partial charge < -0.3 is 15.0 Å². The normalized spacial score (nSPS) is 22.1. The van der Waals surface area contributed by atoms with Crippen molar-refractivity contribution in [3.8, 4) is 5.75 Å². The lowest BCUT2D eigenvalue weighted by Crippen LogP contribution is -2.61. The lowest BCUT2D eigenvalue weighted by molar-refractivity contribution is -0.149. The molecule has 2 amide bonds. The molecule has 0 bridgehead atoms. The first kappa shape index (κ1) is 15.4. The molecule has 5 nitrogen and oxygen atoms in total. The van der Waals surface area contributed by atoms with Gasteiger partial charge in [-0.15, -0.1) is 0 Å². The van der Waals surface area contributed by atoms with Gasteiger partial charge in [0.1, 0.15) is 17.8 Å². The van der Waals surface area contributed by atoms with Gasteiger partial charge in [-0.25, -0.2) is 0 Å². The summed E-state index contributed by atoms with van der Waals surface area (Å²) in [7, 11) is 1.62. The third-order valence-corrected chi connectivity index (χ3v) is 3.77. The molecule has 1 N–H and O–H groups in total. The van der Waals surface area contributed by atoms with Crippen LogP contribution in [0.1, 0.15) is 32.3 Å². The van der Waals surface area contributed by atoms with Gasteiger partial charge in [-0.2, -0.15) is 0 Å². The molecular formula is C16H22N2O3. The van der Waals surface area contributed by atoms with Crippen molar-refractivity contribution in [3.63, 3.8) is 0 Å². The molecule has 0 aromatic heterocycles. The summed E-state index contributed by atoms with van der Waals surface area (Å²) in [5.41, 5.74) is 0.993. The predicted molar refractivity (Wildman–Crippen MR) is 79.8 cm³/mol. The minimum atomic E-state index is -0.455. The van der Waals surface area contributed by atoms with Gasteiger partial charge in [0.2, 0.25) is 11.8 Å². The Bertz CT molecular complexity index is 513. The van der Waals surface area contributed by atoms with E-state index in [1.54, 1.807) is 18.9 Å². The molecule has 0 radical (unpaired) electrons. The van der Waals surface area contributed by atoms with E-state index in [9.17, 15) is 9.59 Å². The summed E-state index contributed by atoms with van der Waals surface area (Å²) in [5, 5.41) is 2.75. The van der Waals surface area contributed by atoms with E-state index in [1.165, 1.54) is 0 Å². The Morgan fingerprint density at radius 3 is 2.48 bits per heavy atom. The first-order valence-corrected chi connectivity index (χ1v) is 7.30. The molecule has 5 heteroatoms. The van der Waals surface area contributed by atoms with Crippen molar-refractivity contribution in [1.82, 2.24) is 10.2 Å². The molecule has 2 rings (SSSR count). The fraction of sp³-hybridized carbons (Fsp3) is 0.500. The van der Waals surface area contributed by atoms with E-state index in [0.717, 1.165) is 17.7 Å². The van der Waals surface area contributed by atoms with Crippen LogP contribution in [0, 0.1) is 0 Å². The third kappa shape index (κ3) is 3.35. The molecule has 1 aliphatic heterocycles. The molecule has 114 valence electrons. The van der Waals surface area contributed by atoms with Crippen molar-refractivity contribution >= 4 is 11.8 Å². The summed E-state index contributed by atoms with van der Waals surface area (Å²) in [5.74, 6) is 0.696. The Morgan fingerprint density at radius 2 is 1.90 bits per heavy atom. The summed E-state index contributed by atoms with van der Waals surface area (Å²) < 4.78 is 5.13. The SMILES string of the molecule is CCCC1C(=O)NC(C)C(=O)N1Cc1ccc(OC)cc1. The van der Waals surface area contributed by atoms with Gasteiger partial charge in [-0.05, 0) is 31.0 Å². The van der Waals surface area contributed by atoms with Crippen molar-refractivity contribution < 1.29 is 14.3 Å². The quantitative estimate of drug-likeness (QED) is 0.898. The lowest BCUT2D eigenvalue weighted by atomic mass is 10.0. The van der Waals surface area contributed by atoms with Crippen LogP contribution in [-0.2, 0) is 16.1 Å². The second kappa shape index (κ2) is 6.61. The number of carbonyl (C=O) groups is 2. The molecule has 2 unspecified atom stereocenters. The number of benzene rings is 1. The molecule has 2 atom stereocenters. The topological polar surface area (TPSA) is 58.6 Å². The fourth-order valence-electron chi connectivity index (χ4n) is 2.59. The van der Waals surface area contributed by atoms with Crippen LogP contribution in [0.4, 0.5) is 0 Å². The van der Waals surface area contributed by atoms with Gasteiger partial charge in [-0.3, -0.25) is 9.59 Å². The van der Waals surface area contributed by atoms with E-state index >= 15 is 0 Å². The van der Waals surface area contributed by atoms with Gasteiger partial charge in [0.15, 0.2) is 0 Å². The van der Waals surface area contributed by atoms with Gasteiger partial charge in [0.25, 0.3) is 0 Å². The smallest absolute Gasteiger partial charge is 0.245 e. The minimum absolute atomic E-state index is 0.0242. The first-order valence-electron chi connectivity index (χ1n) is 7.30. The number of methoxy groups -OCH3 is 1. The Kier molecular flexibility index (Phi) is 4.83. The van der Waals surface area contributed by atoms with Crippen LogP contribution in [0.5, 0.6) is 5.75 Å². The zero-order valence-corrected chi connectivity index (χ0v) is 12.8. The van der Waals surface area contributed by atoms with Crippen LogP contribution in [0.3, 0.4) is 0 Å². The van der Waals surface area contributed by atoms with Crippen LogP contribution in [0.2, 0.25) is 0 Å². The number of ether oxygens (including phenoxy) is 1. The van der Waals surface area contributed by atoms with E-state index in [0.29, 0.717) is 13.0 Å². The molecular weight excluding hydrogens is 268 g/mol. The monoisotopic (exact) mass is 290 g/mol. The zero-order chi connectivity index (χ0) is 15.4. The summed E-state index contributed by atoms with van der Waals surface area (Å²) in [4.78, 5) is 26.2. The highest BCUT2D eigenvalue weighted by Gasteiger charge is 2.37. The molecule has 1 aromatic rings. The summed E-state index contributed by atoms with van der Waals surface area (Å²) in [6.07, 6.45) is 1.54. The molecule has 1 aliphatic rings. The maximum atomic E-state index is 12.4. The molecule has 21 heavy (non-hydrogen) atoms. The lowest BCUT2D eigenvalue weighted by Gasteiger charge is -2.38. The second-order valence-electron chi connectivity index (χ2n) is 5.35. The zero-order valence-electron chi connectivity index (χ0n) is 12.8. The highest BCUT2D eigenvalue weighted by molar-refractivity contribution is 5.96. The number of carbonyl (C=O) groups excluding carboxylic acids is 2. The molecule has 1 heterocycles. The Labute approximate surface area is 125 Å². The van der Waals surface area contributed by atoms with Crippen LogP contribution < -0.4 is 10.1 Å². The number of rotatable bonds is 5. The largest absolute Gasteiger partial charge is 0.497 e. The third-order valence-electron chi connectivity index (χ3n) is 3.77. The van der Waals surface area contributed by atoms with E-state index in [2.05, 4.69) is 5.32 Å². The summed E-state index contributed by atoms with van der Waals surface area (Å²) in [6, 6.07) is 6.74. The van der Waals surface area contributed by atoms with Crippen LogP contribution in [0.25, 0.3) is 0 Å². The highest BCUT2D eigenvalue weighted by atomic mass is 16.5. The van der Waals surface area contributed by atoms with Gasteiger partial charge in [0.05, 0.1) is 7.11 Å². The fourth-order valence-corrected chi connectivity index (χ4v) is 2.59. The number of nitrogens with zero attached hydrogens (tertiary/aromatic N) is 1. The van der Waals surface area contributed by atoms with Crippen LogP contribution in [-0.4, -0.2) is 35.9 Å². The summed E-state index contributed by atoms with van der Waals surface area (Å²) in [6.45, 7) is 4.19. The van der Waals surface area contributed by atoms with Crippen molar-refractivity contribution in [2.24, 2.45) is 0 Å². The van der Waals surface area contributed by atoms with E-state index in [4.69, 9.17) is 4.74 Å². The van der Waals surface area contributed by atoms with Crippen molar-refractivity contribution in [2.75, 3.05) is 7.11 Å². The van der Waals surface area contributed by atoms with Crippen molar-refractivity contribution in [1.29, 1.82) is 0 Å². The highest BCUT2D eigenvalue weighted by Crippen LogP contribution is 2.19. The Morgan fingerprint density at radius 1 is 1.24 bits per heavy atom. The van der Waals surface area contributed by atoms with Crippen LogP contribution in [0.15, 0.2) is 24.3 Å². The van der Waals surface area contributed by atoms with Gasteiger partial charge in [-0.1, -0.05) is 25.5 Å². The number of hydrogen-bond donors (Lipinski definition) is 1. The molecule has 1 saturated heterocycles. The molecule has 1 fully saturated rings. The molecule has 0 saturated carbocycles. The summed E-state index contributed by atoms with van der Waals surface area (Å²) >= 11 is 0. The van der Waals surface area contributed by atoms with Gasteiger partial charge in [0, 0.05) is 6.54 Å². The van der Waals surface area contributed by atoms with Crippen LogP contribution >= 0.6 is 0 Å². The van der Waals surface area contributed by atoms with Gasteiger partial charge >= 0.3 is 0 Å². The average Bonchev–Trinajstić information content (AvgIpc) is 2.49. The molecule has 1 aromatic carbocycles. The van der Waals surface area contributed by atoms with E-state index < -0.39 is 6.04 Å². The second-order valence-corrected chi connectivity index (χ2v) is 5.35. The Hall–Kier alpha value is -2.04. The minimum Gasteiger partial charge on any atom is -0.497 e. The maximum absolute atomic E-state index is 12.4. The average molecular weight is 290 g/mol. The van der Waals surface area contributed by atoms with E-state index in [-0.39, 0.29) is 17.9 Å². The maximum Gasteiger partial charge on any atom is 0.245 e. The van der Waals surface area contributed by atoms with Crippen molar-refractivity contribution in [3.05, 3.63) is 29.8 Å². The Balaban J connectivity index is 2.19. The van der Waals surface area contributed by atoms with E-state index in [1.807, 2.05) is 31.2 Å². The molecule has 0 aliphatic carbocycles. The first-order chi connectivity index (χ1) is 10.1. The number of amides is 2. The van der Waals surface area contributed by atoms with Crippen molar-refractivity contribution in [2.45, 2.75) is 45.3 Å². The predicted octanol–water partition coefficient (Wildman–Crippen LogP) is 1.71. The number of hydrogen-bond acceptors (Lipinski definition) is 3. The number of nitrogens with one attached hydrogen (secondary N) is 1.